The van der Waals surface area contributed by atoms with Crippen molar-refractivity contribution in [2.45, 2.75) is 6.36 Å². The molecule has 77 valence electrons. The molecule has 0 bridgehead atoms. The first kappa shape index (κ1) is 10.7. The molecule has 14 heavy (non-hydrogen) atoms. The predicted octanol–water partition coefficient (Wildman–Crippen LogP) is 2.78. The highest BCUT2D eigenvalue weighted by molar-refractivity contribution is 5.39. The molecule has 5 heteroatoms. The third-order valence-electron chi connectivity index (χ3n) is 1.41. The zero-order valence-corrected chi connectivity index (χ0v) is 7.39. The van der Waals surface area contributed by atoms with Crippen molar-refractivity contribution < 1.29 is 22.6 Å². The second-order valence-corrected chi connectivity index (χ2v) is 2.56. The van der Waals surface area contributed by atoms with E-state index in [-0.39, 0.29) is 11.5 Å². The number of rotatable bonds is 2. The molecule has 0 aromatic heterocycles. The van der Waals surface area contributed by atoms with Gasteiger partial charge in [0, 0.05) is 6.07 Å². The maximum Gasteiger partial charge on any atom is 0.573 e. The Morgan fingerprint density at radius 2 is 1.71 bits per heavy atom. The van der Waals surface area contributed by atoms with Crippen LogP contribution >= 0.6 is 0 Å². The second kappa shape index (κ2) is 3.77. The molecule has 0 N–H and O–H groups in total. The molecule has 0 amide bonds. The normalized spacial score (nSPS) is 11.2. The molecule has 0 saturated carbocycles. The number of ether oxygens (including phenoxy) is 2. The summed E-state index contributed by atoms with van der Waals surface area (Å²) < 4.78 is 43.9. The lowest BCUT2D eigenvalue weighted by molar-refractivity contribution is -0.274. The molecule has 0 saturated heterocycles. The SMILES string of the molecule is [CH2]c1cc(OC)cc(OC(F)(F)F)c1. The third kappa shape index (κ3) is 3.16. The number of hydrogen-bond acceptors (Lipinski definition) is 2. The molecule has 0 fully saturated rings. The zero-order chi connectivity index (χ0) is 10.8. The molecule has 0 heterocycles. The van der Waals surface area contributed by atoms with Crippen molar-refractivity contribution in [2.24, 2.45) is 0 Å². The fraction of sp³-hybridized carbons (Fsp3) is 0.222. The summed E-state index contributed by atoms with van der Waals surface area (Å²) in [7, 11) is 1.35. The Hall–Kier alpha value is -1.39. The van der Waals surface area contributed by atoms with Crippen molar-refractivity contribution in [3.05, 3.63) is 30.7 Å². The third-order valence-corrected chi connectivity index (χ3v) is 1.41. The molecule has 1 aromatic carbocycles. The smallest absolute Gasteiger partial charge is 0.497 e. The van der Waals surface area contributed by atoms with Gasteiger partial charge in [-0.2, -0.15) is 0 Å². The van der Waals surface area contributed by atoms with Crippen LogP contribution in [0.25, 0.3) is 0 Å². The highest BCUT2D eigenvalue weighted by Gasteiger charge is 2.31. The molecule has 0 spiro atoms. The maximum absolute atomic E-state index is 11.8. The first-order valence-corrected chi connectivity index (χ1v) is 3.67. The van der Waals surface area contributed by atoms with Crippen molar-refractivity contribution in [2.75, 3.05) is 7.11 Å². The molecule has 0 aliphatic heterocycles. The van der Waals surface area contributed by atoms with Gasteiger partial charge in [0.05, 0.1) is 7.11 Å². The number of benzene rings is 1. The van der Waals surface area contributed by atoms with Gasteiger partial charge >= 0.3 is 6.36 Å². The quantitative estimate of drug-likeness (QED) is 0.739. The predicted molar refractivity (Wildman–Crippen MR) is 44.1 cm³/mol. The molecule has 1 aromatic rings. The average Bonchev–Trinajstić information content (AvgIpc) is 1.99. The first-order valence-electron chi connectivity index (χ1n) is 3.67. The van der Waals surface area contributed by atoms with Crippen molar-refractivity contribution in [1.82, 2.24) is 0 Å². The zero-order valence-electron chi connectivity index (χ0n) is 7.39. The van der Waals surface area contributed by atoms with Crippen LogP contribution in [0.3, 0.4) is 0 Å². The van der Waals surface area contributed by atoms with Crippen LogP contribution in [0, 0.1) is 6.92 Å². The van der Waals surface area contributed by atoms with E-state index in [9.17, 15) is 13.2 Å². The van der Waals surface area contributed by atoms with E-state index >= 15 is 0 Å². The average molecular weight is 205 g/mol. The number of hydrogen-bond donors (Lipinski definition) is 0. The Morgan fingerprint density at radius 3 is 2.21 bits per heavy atom. The van der Waals surface area contributed by atoms with Gasteiger partial charge in [0.15, 0.2) is 0 Å². The van der Waals surface area contributed by atoms with Crippen LogP contribution in [0.15, 0.2) is 18.2 Å². The van der Waals surface area contributed by atoms with E-state index in [1.54, 1.807) is 0 Å². The summed E-state index contributed by atoms with van der Waals surface area (Å²) >= 11 is 0. The highest BCUT2D eigenvalue weighted by Crippen LogP contribution is 2.27. The summed E-state index contributed by atoms with van der Waals surface area (Å²) in [5.41, 5.74) is 0.392. The van der Waals surface area contributed by atoms with Gasteiger partial charge in [0.1, 0.15) is 11.5 Å². The van der Waals surface area contributed by atoms with Gasteiger partial charge in [-0.05, 0) is 24.6 Å². The molecular formula is C9H8F3O2. The molecule has 1 rings (SSSR count). The van der Waals surface area contributed by atoms with Crippen molar-refractivity contribution >= 4 is 0 Å². The Labute approximate surface area is 79.2 Å². The Bertz CT molecular complexity index is 320. The lowest BCUT2D eigenvalue weighted by Crippen LogP contribution is -2.17. The fourth-order valence-electron chi connectivity index (χ4n) is 0.941. The van der Waals surface area contributed by atoms with Crippen LogP contribution in [0.1, 0.15) is 5.56 Å². The van der Waals surface area contributed by atoms with E-state index in [4.69, 9.17) is 4.74 Å². The van der Waals surface area contributed by atoms with Crippen molar-refractivity contribution in [3.63, 3.8) is 0 Å². The van der Waals surface area contributed by atoms with Gasteiger partial charge in [-0.1, -0.05) is 0 Å². The van der Waals surface area contributed by atoms with Crippen LogP contribution in [0.2, 0.25) is 0 Å². The van der Waals surface area contributed by atoms with Gasteiger partial charge in [-0.25, -0.2) is 0 Å². The summed E-state index contributed by atoms with van der Waals surface area (Å²) in [4.78, 5) is 0. The van der Waals surface area contributed by atoms with Gasteiger partial charge < -0.3 is 9.47 Å². The topological polar surface area (TPSA) is 18.5 Å². The van der Waals surface area contributed by atoms with Crippen molar-refractivity contribution in [3.8, 4) is 11.5 Å². The largest absolute Gasteiger partial charge is 0.573 e. The van der Waals surface area contributed by atoms with E-state index in [2.05, 4.69) is 11.7 Å². The lowest BCUT2D eigenvalue weighted by atomic mass is 10.2. The van der Waals surface area contributed by atoms with Crippen LogP contribution < -0.4 is 9.47 Å². The Morgan fingerprint density at radius 1 is 1.14 bits per heavy atom. The lowest BCUT2D eigenvalue weighted by Gasteiger charge is -2.10. The molecule has 2 nitrogen and oxygen atoms in total. The highest BCUT2D eigenvalue weighted by atomic mass is 19.4. The van der Waals surface area contributed by atoms with Crippen LogP contribution in [0.4, 0.5) is 13.2 Å². The number of alkyl halides is 3. The van der Waals surface area contributed by atoms with Crippen molar-refractivity contribution in [1.29, 1.82) is 0 Å². The van der Waals surface area contributed by atoms with E-state index in [0.717, 1.165) is 6.07 Å². The minimum absolute atomic E-state index is 0.275. The number of methoxy groups -OCH3 is 1. The fourth-order valence-corrected chi connectivity index (χ4v) is 0.941. The molecule has 0 aliphatic rings. The van der Waals surface area contributed by atoms with Gasteiger partial charge in [-0.15, -0.1) is 13.2 Å². The van der Waals surface area contributed by atoms with E-state index in [1.165, 1.54) is 19.2 Å². The second-order valence-electron chi connectivity index (χ2n) is 2.56. The van der Waals surface area contributed by atoms with E-state index in [1.807, 2.05) is 0 Å². The maximum atomic E-state index is 11.8. The molecule has 1 radical (unpaired) electrons. The van der Waals surface area contributed by atoms with E-state index < -0.39 is 6.36 Å². The number of halogens is 3. The van der Waals surface area contributed by atoms with Gasteiger partial charge in [-0.3, -0.25) is 0 Å². The summed E-state index contributed by atoms with van der Waals surface area (Å²) in [6, 6.07) is 3.82. The van der Waals surface area contributed by atoms with E-state index in [0.29, 0.717) is 5.56 Å². The molecular weight excluding hydrogens is 197 g/mol. The molecule has 0 unspecified atom stereocenters. The first-order chi connectivity index (χ1) is 6.40. The Balaban J connectivity index is 2.92. The minimum Gasteiger partial charge on any atom is -0.497 e. The standard InChI is InChI=1S/C9H8F3O2/c1-6-3-7(13-2)5-8(4-6)14-9(10,11)12/h3-5H,1H2,2H3. The summed E-state index contributed by atoms with van der Waals surface area (Å²) in [5, 5.41) is 0. The Kier molecular flexibility index (Phi) is 2.88. The van der Waals surface area contributed by atoms with Crippen LogP contribution in [0.5, 0.6) is 11.5 Å². The van der Waals surface area contributed by atoms with Crippen LogP contribution in [-0.2, 0) is 0 Å². The van der Waals surface area contributed by atoms with Gasteiger partial charge in [0.2, 0.25) is 0 Å². The molecule has 0 aliphatic carbocycles. The summed E-state index contributed by atoms with van der Waals surface area (Å²) in [6.07, 6.45) is -4.70. The monoisotopic (exact) mass is 205 g/mol. The summed E-state index contributed by atoms with van der Waals surface area (Å²) in [5.74, 6) is -0.0569. The minimum atomic E-state index is -4.70. The van der Waals surface area contributed by atoms with Gasteiger partial charge in [0.25, 0.3) is 0 Å². The van der Waals surface area contributed by atoms with Crippen LogP contribution in [-0.4, -0.2) is 13.5 Å². The molecule has 0 atom stereocenters. The summed E-state index contributed by atoms with van der Waals surface area (Å²) in [6.45, 7) is 3.49.